The molecule has 0 amide bonds. The highest BCUT2D eigenvalue weighted by Gasteiger charge is 2.55. The lowest BCUT2D eigenvalue weighted by Crippen LogP contribution is -2.10. The Morgan fingerprint density at radius 1 is 1.60 bits per heavy atom. The van der Waals surface area contributed by atoms with E-state index in [9.17, 15) is 4.79 Å². The first-order chi connectivity index (χ1) is 7.08. The molecule has 2 rings (SSSR count). The first-order valence-electron chi connectivity index (χ1n) is 4.95. The number of hydrogen-bond acceptors (Lipinski definition) is 2. The van der Waals surface area contributed by atoms with E-state index in [0.29, 0.717) is 0 Å². The summed E-state index contributed by atoms with van der Waals surface area (Å²) in [5.74, 6) is -0.172. The summed E-state index contributed by atoms with van der Waals surface area (Å²) >= 11 is 0. The van der Waals surface area contributed by atoms with Crippen LogP contribution in [0.5, 0.6) is 5.75 Å². The Kier molecular flexibility index (Phi) is 2.18. The molecular formula is C12H14O3. The molecule has 80 valence electrons. The maximum absolute atomic E-state index is 10.9. The van der Waals surface area contributed by atoms with Gasteiger partial charge in [0, 0.05) is 5.41 Å². The molecule has 1 saturated carbocycles. The van der Waals surface area contributed by atoms with Gasteiger partial charge in [-0.25, -0.2) is 0 Å². The van der Waals surface area contributed by atoms with E-state index < -0.39 is 5.97 Å². The summed E-state index contributed by atoms with van der Waals surface area (Å²) in [6.45, 7) is 1.99. The van der Waals surface area contributed by atoms with Gasteiger partial charge >= 0.3 is 5.97 Å². The number of ether oxygens (including phenoxy) is 1. The van der Waals surface area contributed by atoms with Gasteiger partial charge in [-0.3, -0.25) is 4.79 Å². The number of carboxylic acids is 1. The van der Waals surface area contributed by atoms with Gasteiger partial charge in [-0.2, -0.15) is 0 Å². The van der Waals surface area contributed by atoms with Crippen molar-refractivity contribution in [2.45, 2.75) is 18.8 Å². The Morgan fingerprint density at radius 3 is 2.87 bits per heavy atom. The lowest BCUT2D eigenvalue weighted by atomic mass is 9.95. The Hall–Kier alpha value is -1.51. The summed E-state index contributed by atoms with van der Waals surface area (Å²) in [6.07, 6.45) is 0.718. The quantitative estimate of drug-likeness (QED) is 0.823. The van der Waals surface area contributed by atoms with Crippen molar-refractivity contribution >= 4 is 5.97 Å². The van der Waals surface area contributed by atoms with Gasteiger partial charge in [0.2, 0.25) is 0 Å². The van der Waals surface area contributed by atoms with E-state index in [0.717, 1.165) is 17.7 Å². The van der Waals surface area contributed by atoms with E-state index in [1.54, 1.807) is 7.11 Å². The van der Waals surface area contributed by atoms with E-state index in [4.69, 9.17) is 9.84 Å². The van der Waals surface area contributed by atoms with Gasteiger partial charge in [-0.15, -0.1) is 0 Å². The zero-order valence-corrected chi connectivity index (χ0v) is 8.86. The predicted octanol–water partition coefficient (Wildman–Crippen LogP) is 2.06. The monoisotopic (exact) mass is 206 g/mol. The number of rotatable bonds is 3. The number of carboxylic acid groups (broad SMARTS) is 1. The molecule has 3 nitrogen and oxygen atoms in total. The number of benzene rings is 1. The molecule has 0 radical (unpaired) electrons. The number of carbonyl (C=O) groups is 1. The molecule has 1 N–H and O–H groups in total. The minimum atomic E-state index is -0.708. The second-order valence-electron chi connectivity index (χ2n) is 4.24. The number of hydrogen-bond donors (Lipinski definition) is 1. The van der Waals surface area contributed by atoms with Crippen LogP contribution in [-0.2, 0) is 10.2 Å². The Balaban J connectivity index is 2.27. The molecule has 1 aliphatic rings. The Bertz CT molecular complexity index is 400. The van der Waals surface area contributed by atoms with Crippen LogP contribution in [0, 0.1) is 5.92 Å². The fraction of sp³-hybridized carbons (Fsp3) is 0.417. The van der Waals surface area contributed by atoms with Gasteiger partial charge in [-0.05, 0) is 24.1 Å². The van der Waals surface area contributed by atoms with Crippen LogP contribution < -0.4 is 4.74 Å². The van der Waals surface area contributed by atoms with E-state index in [1.807, 2.05) is 31.2 Å². The van der Waals surface area contributed by atoms with Gasteiger partial charge in [0.15, 0.2) is 0 Å². The molecule has 0 aromatic heterocycles. The summed E-state index contributed by atoms with van der Waals surface area (Å²) in [5.41, 5.74) is 0.842. The topological polar surface area (TPSA) is 46.5 Å². The minimum Gasteiger partial charge on any atom is -0.497 e. The molecule has 1 aliphatic carbocycles. The fourth-order valence-electron chi connectivity index (χ4n) is 2.02. The molecule has 2 atom stereocenters. The van der Waals surface area contributed by atoms with Crippen molar-refractivity contribution < 1.29 is 14.6 Å². The molecule has 15 heavy (non-hydrogen) atoms. The van der Waals surface area contributed by atoms with Crippen LogP contribution in [0.3, 0.4) is 0 Å². The van der Waals surface area contributed by atoms with E-state index in [-0.39, 0.29) is 11.3 Å². The number of methoxy groups -OCH3 is 1. The number of aliphatic carboxylic acids is 1. The molecule has 1 fully saturated rings. The zero-order chi connectivity index (χ0) is 11.1. The van der Waals surface area contributed by atoms with Crippen molar-refractivity contribution in [2.75, 3.05) is 7.11 Å². The highest BCUT2D eigenvalue weighted by Crippen LogP contribution is 2.54. The fourth-order valence-corrected chi connectivity index (χ4v) is 2.02. The average molecular weight is 206 g/mol. The van der Waals surface area contributed by atoms with E-state index >= 15 is 0 Å². The minimum absolute atomic E-state index is 0.208. The largest absolute Gasteiger partial charge is 0.497 e. The predicted molar refractivity (Wildman–Crippen MR) is 56.1 cm³/mol. The smallest absolute Gasteiger partial charge is 0.307 e. The molecule has 1 aromatic rings. The first kappa shape index (κ1) is 10.0. The maximum Gasteiger partial charge on any atom is 0.307 e. The van der Waals surface area contributed by atoms with Crippen molar-refractivity contribution in [1.82, 2.24) is 0 Å². The van der Waals surface area contributed by atoms with Gasteiger partial charge in [0.05, 0.1) is 13.0 Å². The lowest BCUT2D eigenvalue weighted by Gasteiger charge is -2.11. The van der Waals surface area contributed by atoms with Crippen molar-refractivity contribution in [3.05, 3.63) is 29.8 Å². The highest BCUT2D eigenvalue weighted by molar-refractivity contribution is 5.77. The SMILES string of the molecule is COc1cccc(C2(C)CC2C(=O)O)c1. The van der Waals surface area contributed by atoms with Gasteiger partial charge in [0.25, 0.3) is 0 Å². The summed E-state index contributed by atoms with van der Waals surface area (Å²) in [6, 6.07) is 7.65. The van der Waals surface area contributed by atoms with Crippen LogP contribution in [0.15, 0.2) is 24.3 Å². The van der Waals surface area contributed by atoms with Crippen LogP contribution in [0.4, 0.5) is 0 Å². The van der Waals surface area contributed by atoms with Crippen molar-refractivity contribution in [3.8, 4) is 5.75 Å². The van der Waals surface area contributed by atoms with Crippen LogP contribution >= 0.6 is 0 Å². The summed E-state index contributed by atoms with van der Waals surface area (Å²) in [5, 5.41) is 8.95. The van der Waals surface area contributed by atoms with Crippen LogP contribution in [0.25, 0.3) is 0 Å². The van der Waals surface area contributed by atoms with E-state index in [2.05, 4.69) is 0 Å². The van der Waals surface area contributed by atoms with Crippen LogP contribution in [0.1, 0.15) is 18.9 Å². The molecule has 0 spiro atoms. The molecule has 2 unspecified atom stereocenters. The lowest BCUT2D eigenvalue weighted by molar-refractivity contribution is -0.138. The molecule has 0 aliphatic heterocycles. The maximum atomic E-state index is 10.9. The summed E-state index contributed by atoms with van der Waals surface area (Å²) in [7, 11) is 1.61. The summed E-state index contributed by atoms with van der Waals surface area (Å²) in [4.78, 5) is 10.9. The van der Waals surface area contributed by atoms with E-state index in [1.165, 1.54) is 0 Å². The second kappa shape index (κ2) is 3.26. The Labute approximate surface area is 88.7 Å². The zero-order valence-electron chi connectivity index (χ0n) is 8.86. The van der Waals surface area contributed by atoms with Crippen molar-refractivity contribution in [1.29, 1.82) is 0 Å². The van der Waals surface area contributed by atoms with Gasteiger partial charge < -0.3 is 9.84 Å². The third kappa shape index (κ3) is 1.58. The van der Waals surface area contributed by atoms with Crippen molar-refractivity contribution in [2.24, 2.45) is 5.92 Å². The second-order valence-corrected chi connectivity index (χ2v) is 4.24. The van der Waals surface area contributed by atoms with Gasteiger partial charge in [-0.1, -0.05) is 19.1 Å². The van der Waals surface area contributed by atoms with Gasteiger partial charge in [0.1, 0.15) is 5.75 Å². The molecule has 1 aromatic carbocycles. The summed E-state index contributed by atoms with van der Waals surface area (Å²) < 4.78 is 5.13. The first-order valence-corrected chi connectivity index (χ1v) is 4.95. The third-order valence-electron chi connectivity index (χ3n) is 3.26. The molecule has 0 saturated heterocycles. The molecule has 3 heteroatoms. The molecule has 0 bridgehead atoms. The van der Waals surface area contributed by atoms with Crippen molar-refractivity contribution in [3.63, 3.8) is 0 Å². The third-order valence-corrected chi connectivity index (χ3v) is 3.26. The van der Waals surface area contributed by atoms with Crippen LogP contribution in [-0.4, -0.2) is 18.2 Å². The molecular weight excluding hydrogens is 192 g/mol. The normalized spacial score (nSPS) is 28.5. The standard InChI is InChI=1S/C12H14O3/c1-12(7-10(12)11(13)14)8-4-3-5-9(6-8)15-2/h3-6,10H,7H2,1-2H3,(H,13,14). The molecule has 0 heterocycles. The van der Waals surface area contributed by atoms with Crippen LogP contribution in [0.2, 0.25) is 0 Å². The Morgan fingerprint density at radius 2 is 2.33 bits per heavy atom. The highest BCUT2D eigenvalue weighted by atomic mass is 16.5. The average Bonchev–Trinajstić information content (AvgIpc) is 2.93.